The molecular weight excluding hydrogens is 242 g/mol. The summed E-state index contributed by atoms with van der Waals surface area (Å²) < 4.78 is 0. The molecule has 0 saturated heterocycles. The molecule has 5 nitrogen and oxygen atoms in total. The smallest absolute Gasteiger partial charge is 0.272 e. The van der Waals surface area contributed by atoms with Crippen molar-refractivity contribution in [2.75, 3.05) is 32.1 Å². The summed E-state index contributed by atoms with van der Waals surface area (Å²) in [5.74, 6) is -0.124. The molecule has 1 rings (SSSR count). The van der Waals surface area contributed by atoms with Crippen molar-refractivity contribution in [3.8, 4) is 0 Å². The number of rotatable bonds is 5. The molecule has 0 aliphatic rings. The van der Waals surface area contributed by atoms with Crippen LogP contribution in [0, 0.1) is 0 Å². The molecule has 0 aromatic carbocycles. The van der Waals surface area contributed by atoms with Gasteiger partial charge < -0.3 is 14.9 Å². The molecule has 1 N–H and O–H groups in total. The molecule has 0 spiro atoms. The highest BCUT2D eigenvalue weighted by molar-refractivity contribution is 5.92. The van der Waals surface area contributed by atoms with Crippen molar-refractivity contribution in [2.24, 2.45) is 0 Å². The van der Waals surface area contributed by atoms with Crippen molar-refractivity contribution in [3.63, 3.8) is 0 Å². The second-order valence-corrected chi connectivity index (χ2v) is 5.43. The van der Waals surface area contributed by atoms with Gasteiger partial charge in [0.25, 0.3) is 5.91 Å². The largest absolute Gasteiger partial charge is 0.389 e. The van der Waals surface area contributed by atoms with Gasteiger partial charge in [0.1, 0.15) is 5.69 Å². The Morgan fingerprint density at radius 1 is 1.42 bits per heavy atom. The lowest BCUT2D eigenvalue weighted by Crippen LogP contribution is -2.38. The number of likely N-dealkylation sites (N-methyl/N-ethyl adjacent to an activating group) is 1. The van der Waals surface area contributed by atoms with Crippen LogP contribution in [0.15, 0.2) is 18.3 Å². The molecule has 1 aromatic rings. The number of carbonyl (C=O) groups excluding carboxylic acids is 1. The fourth-order valence-electron chi connectivity index (χ4n) is 1.81. The van der Waals surface area contributed by atoms with Gasteiger partial charge in [0.15, 0.2) is 0 Å². The number of aromatic nitrogens is 1. The van der Waals surface area contributed by atoms with E-state index in [4.69, 9.17) is 0 Å². The van der Waals surface area contributed by atoms with Gasteiger partial charge in [-0.25, -0.2) is 0 Å². The number of hydrogen-bond donors (Lipinski definition) is 1. The van der Waals surface area contributed by atoms with Crippen LogP contribution in [0.4, 0.5) is 5.69 Å². The zero-order chi connectivity index (χ0) is 14.6. The Morgan fingerprint density at radius 3 is 2.53 bits per heavy atom. The van der Waals surface area contributed by atoms with Gasteiger partial charge in [0, 0.05) is 39.1 Å². The first kappa shape index (κ1) is 15.4. The molecule has 0 unspecified atom stereocenters. The molecule has 106 valence electrons. The average Bonchev–Trinajstić information content (AvgIpc) is 2.34. The Hall–Kier alpha value is -1.62. The Morgan fingerprint density at radius 2 is 2.05 bits per heavy atom. The van der Waals surface area contributed by atoms with E-state index in [1.807, 2.05) is 17.9 Å². The predicted octanol–water partition coefficient (Wildman–Crippen LogP) is 1.38. The van der Waals surface area contributed by atoms with Crippen LogP contribution in [0.5, 0.6) is 0 Å². The van der Waals surface area contributed by atoms with Gasteiger partial charge in [-0.05, 0) is 32.9 Å². The highest BCUT2D eigenvalue weighted by atomic mass is 16.3. The van der Waals surface area contributed by atoms with E-state index in [0.29, 0.717) is 12.2 Å². The Kier molecular flexibility index (Phi) is 4.89. The van der Waals surface area contributed by atoms with Crippen LogP contribution in [0.3, 0.4) is 0 Å². The maximum atomic E-state index is 11.9. The summed E-state index contributed by atoms with van der Waals surface area (Å²) in [6.45, 7) is 6.80. The highest BCUT2D eigenvalue weighted by Crippen LogP contribution is 2.18. The summed E-state index contributed by atoms with van der Waals surface area (Å²) in [7, 11) is 3.40. The Labute approximate surface area is 114 Å². The van der Waals surface area contributed by atoms with Crippen LogP contribution in [0.2, 0.25) is 0 Å². The van der Waals surface area contributed by atoms with Crippen LogP contribution in [0.25, 0.3) is 0 Å². The molecule has 1 amide bonds. The van der Waals surface area contributed by atoms with Gasteiger partial charge in [-0.1, -0.05) is 0 Å². The molecule has 0 aliphatic heterocycles. The van der Waals surface area contributed by atoms with Crippen molar-refractivity contribution in [1.82, 2.24) is 9.88 Å². The zero-order valence-corrected chi connectivity index (χ0v) is 12.3. The van der Waals surface area contributed by atoms with E-state index < -0.39 is 5.60 Å². The molecule has 0 bridgehead atoms. The number of nitrogens with zero attached hydrogens (tertiary/aromatic N) is 3. The maximum absolute atomic E-state index is 11.9. The first-order valence-electron chi connectivity index (χ1n) is 6.39. The van der Waals surface area contributed by atoms with Gasteiger partial charge in [0.2, 0.25) is 0 Å². The molecule has 5 heteroatoms. The lowest BCUT2D eigenvalue weighted by molar-refractivity contribution is 0.0822. The molecule has 0 aliphatic carbocycles. The van der Waals surface area contributed by atoms with E-state index in [9.17, 15) is 9.90 Å². The fourth-order valence-corrected chi connectivity index (χ4v) is 1.81. The SMILES string of the molecule is CCN(CC(C)(C)O)c1ccnc(C(=O)N(C)C)c1. The van der Waals surface area contributed by atoms with Crippen LogP contribution < -0.4 is 4.90 Å². The first-order chi connectivity index (χ1) is 8.74. The summed E-state index contributed by atoms with van der Waals surface area (Å²) in [6, 6.07) is 3.61. The zero-order valence-electron chi connectivity index (χ0n) is 12.3. The van der Waals surface area contributed by atoms with Gasteiger partial charge in [0.05, 0.1) is 5.60 Å². The third kappa shape index (κ3) is 4.52. The van der Waals surface area contributed by atoms with Crippen molar-refractivity contribution in [2.45, 2.75) is 26.4 Å². The third-order valence-electron chi connectivity index (χ3n) is 2.69. The van der Waals surface area contributed by atoms with Gasteiger partial charge in [-0.2, -0.15) is 0 Å². The quantitative estimate of drug-likeness (QED) is 0.874. The average molecular weight is 265 g/mol. The van der Waals surface area contributed by atoms with Crippen LogP contribution in [-0.4, -0.2) is 53.7 Å². The standard InChI is InChI=1S/C14H23N3O2/c1-6-17(10-14(2,3)19)11-7-8-15-12(9-11)13(18)16(4)5/h7-9,19H,6,10H2,1-5H3. The summed E-state index contributed by atoms with van der Waals surface area (Å²) in [6.07, 6.45) is 1.62. The molecule has 0 saturated carbocycles. The van der Waals surface area contributed by atoms with Crippen molar-refractivity contribution in [3.05, 3.63) is 24.0 Å². The number of hydrogen-bond acceptors (Lipinski definition) is 4. The number of pyridine rings is 1. The normalized spacial score (nSPS) is 11.3. The van der Waals surface area contributed by atoms with Crippen LogP contribution in [0.1, 0.15) is 31.3 Å². The molecule has 1 heterocycles. The lowest BCUT2D eigenvalue weighted by atomic mass is 10.1. The van der Waals surface area contributed by atoms with Crippen LogP contribution >= 0.6 is 0 Å². The molecule has 0 atom stereocenters. The van der Waals surface area contributed by atoms with E-state index in [0.717, 1.165) is 12.2 Å². The number of carbonyl (C=O) groups is 1. The fraction of sp³-hybridized carbons (Fsp3) is 0.571. The molecular formula is C14H23N3O2. The van der Waals surface area contributed by atoms with Crippen LogP contribution in [-0.2, 0) is 0 Å². The molecule has 0 fully saturated rings. The van der Waals surface area contributed by atoms with E-state index in [-0.39, 0.29) is 5.91 Å². The number of amides is 1. The molecule has 1 aromatic heterocycles. The topological polar surface area (TPSA) is 56.7 Å². The first-order valence-corrected chi connectivity index (χ1v) is 6.39. The predicted molar refractivity (Wildman–Crippen MR) is 76.4 cm³/mol. The Balaban J connectivity index is 3.00. The third-order valence-corrected chi connectivity index (χ3v) is 2.69. The van der Waals surface area contributed by atoms with Crippen molar-refractivity contribution >= 4 is 11.6 Å². The van der Waals surface area contributed by atoms with Crippen molar-refractivity contribution in [1.29, 1.82) is 0 Å². The lowest BCUT2D eigenvalue weighted by Gasteiger charge is -2.30. The Bertz CT molecular complexity index is 439. The highest BCUT2D eigenvalue weighted by Gasteiger charge is 2.19. The summed E-state index contributed by atoms with van der Waals surface area (Å²) >= 11 is 0. The van der Waals surface area contributed by atoms with E-state index >= 15 is 0 Å². The second kappa shape index (κ2) is 6.02. The molecule has 19 heavy (non-hydrogen) atoms. The van der Waals surface area contributed by atoms with Gasteiger partial charge in [-0.15, -0.1) is 0 Å². The minimum atomic E-state index is -0.787. The van der Waals surface area contributed by atoms with Gasteiger partial charge in [-0.3, -0.25) is 9.78 Å². The monoisotopic (exact) mass is 265 g/mol. The van der Waals surface area contributed by atoms with E-state index in [1.54, 1.807) is 40.2 Å². The van der Waals surface area contributed by atoms with Gasteiger partial charge >= 0.3 is 0 Å². The second-order valence-electron chi connectivity index (χ2n) is 5.43. The maximum Gasteiger partial charge on any atom is 0.272 e. The minimum absolute atomic E-state index is 0.124. The van der Waals surface area contributed by atoms with E-state index in [1.165, 1.54) is 4.90 Å². The molecule has 0 radical (unpaired) electrons. The summed E-state index contributed by atoms with van der Waals surface area (Å²) in [4.78, 5) is 19.5. The number of anilines is 1. The van der Waals surface area contributed by atoms with Crippen molar-refractivity contribution < 1.29 is 9.90 Å². The minimum Gasteiger partial charge on any atom is -0.389 e. The number of aliphatic hydroxyl groups is 1. The summed E-state index contributed by atoms with van der Waals surface area (Å²) in [5.41, 5.74) is 0.520. The summed E-state index contributed by atoms with van der Waals surface area (Å²) in [5, 5.41) is 9.91. The van der Waals surface area contributed by atoms with E-state index in [2.05, 4.69) is 4.98 Å².